The topological polar surface area (TPSA) is 17.8 Å². The molecular weight excluding hydrogens is 291 g/mol. The fourth-order valence-corrected chi connectivity index (χ4v) is 2.71. The van der Waals surface area contributed by atoms with Gasteiger partial charge in [0.1, 0.15) is 0 Å². The van der Waals surface area contributed by atoms with E-state index in [1.807, 2.05) is 41.1 Å². The Balaban J connectivity index is 2.19. The van der Waals surface area contributed by atoms with Crippen LogP contribution in [0.1, 0.15) is 17.2 Å². The van der Waals surface area contributed by atoms with Gasteiger partial charge in [-0.15, -0.1) is 0 Å². The molecule has 0 spiro atoms. The second kappa shape index (κ2) is 5.70. The van der Waals surface area contributed by atoms with Crippen LogP contribution in [0, 0.1) is 0 Å². The summed E-state index contributed by atoms with van der Waals surface area (Å²) in [6.45, 7) is 0. The van der Waals surface area contributed by atoms with Crippen molar-refractivity contribution in [2.75, 3.05) is 0 Å². The molecule has 1 atom stereocenters. The standard InChI is InChI=1S/C16H12Cl2N2/c17-14-8-4-7-13(15(14)18)16(20-10-9-19-11-20)12-5-2-1-3-6-12/h1-11,16H. The second-order valence-corrected chi connectivity index (χ2v) is 5.25. The minimum Gasteiger partial charge on any atom is -0.326 e. The predicted molar refractivity (Wildman–Crippen MR) is 82.4 cm³/mol. The third-order valence-corrected chi connectivity index (χ3v) is 4.05. The van der Waals surface area contributed by atoms with Crippen molar-refractivity contribution in [2.24, 2.45) is 0 Å². The summed E-state index contributed by atoms with van der Waals surface area (Å²) in [7, 11) is 0. The van der Waals surface area contributed by atoms with Gasteiger partial charge in [-0.05, 0) is 17.2 Å². The third kappa shape index (κ3) is 2.45. The van der Waals surface area contributed by atoms with Crippen molar-refractivity contribution in [1.82, 2.24) is 9.55 Å². The molecule has 0 radical (unpaired) electrons. The Labute approximate surface area is 127 Å². The molecular formula is C16H12Cl2N2. The van der Waals surface area contributed by atoms with Gasteiger partial charge < -0.3 is 4.57 Å². The lowest BCUT2D eigenvalue weighted by molar-refractivity contribution is 0.677. The monoisotopic (exact) mass is 302 g/mol. The summed E-state index contributed by atoms with van der Waals surface area (Å²) in [5, 5.41) is 1.14. The van der Waals surface area contributed by atoms with Gasteiger partial charge in [-0.1, -0.05) is 65.7 Å². The maximum atomic E-state index is 6.39. The zero-order chi connectivity index (χ0) is 13.9. The molecule has 2 nitrogen and oxygen atoms in total. The van der Waals surface area contributed by atoms with Crippen molar-refractivity contribution in [3.63, 3.8) is 0 Å². The molecule has 2 aromatic carbocycles. The first kappa shape index (κ1) is 13.2. The number of hydrogen-bond donors (Lipinski definition) is 0. The average Bonchev–Trinajstić information content (AvgIpc) is 2.99. The van der Waals surface area contributed by atoms with E-state index < -0.39 is 0 Å². The van der Waals surface area contributed by atoms with E-state index in [-0.39, 0.29) is 6.04 Å². The normalized spacial score (nSPS) is 12.3. The highest BCUT2D eigenvalue weighted by Gasteiger charge is 2.19. The van der Waals surface area contributed by atoms with Gasteiger partial charge in [0, 0.05) is 12.4 Å². The molecule has 0 N–H and O–H groups in total. The van der Waals surface area contributed by atoms with Gasteiger partial charge in [0.25, 0.3) is 0 Å². The van der Waals surface area contributed by atoms with Crippen molar-refractivity contribution in [3.8, 4) is 0 Å². The van der Waals surface area contributed by atoms with Crippen LogP contribution in [-0.2, 0) is 0 Å². The molecule has 0 aliphatic rings. The SMILES string of the molecule is Clc1cccc(C(c2ccccc2)n2ccnc2)c1Cl. The van der Waals surface area contributed by atoms with Crippen LogP contribution in [0.4, 0.5) is 0 Å². The molecule has 3 aromatic rings. The van der Waals surface area contributed by atoms with Gasteiger partial charge in [0.05, 0.1) is 22.4 Å². The quantitative estimate of drug-likeness (QED) is 0.678. The van der Waals surface area contributed by atoms with Crippen LogP contribution in [0.25, 0.3) is 0 Å². The Kier molecular flexibility index (Phi) is 3.77. The van der Waals surface area contributed by atoms with Gasteiger partial charge in [-0.3, -0.25) is 0 Å². The molecule has 1 aromatic heterocycles. The Morgan fingerprint density at radius 2 is 1.75 bits per heavy atom. The summed E-state index contributed by atoms with van der Waals surface area (Å²) in [6, 6.07) is 15.8. The first-order valence-corrected chi connectivity index (χ1v) is 6.99. The van der Waals surface area contributed by atoms with Crippen LogP contribution >= 0.6 is 23.2 Å². The number of hydrogen-bond acceptors (Lipinski definition) is 1. The van der Waals surface area contributed by atoms with Crippen LogP contribution in [0.2, 0.25) is 10.0 Å². The summed E-state index contributed by atoms with van der Waals surface area (Å²) in [5.74, 6) is 0. The first-order chi connectivity index (χ1) is 9.77. The molecule has 4 heteroatoms. The van der Waals surface area contributed by atoms with Gasteiger partial charge in [0.2, 0.25) is 0 Å². The Bertz CT molecular complexity index is 694. The number of imidazole rings is 1. The Hall–Kier alpha value is -1.77. The molecule has 0 saturated carbocycles. The molecule has 1 heterocycles. The summed E-state index contributed by atoms with van der Waals surface area (Å²) in [6.07, 6.45) is 5.47. The van der Waals surface area contributed by atoms with E-state index in [1.54, 1.807) is 18.6 Å². The zero-order valence-corrected chi connectivity index (χ0v) is 12.1. The van der Waals surface area contributed by atoms with Crippen LogP contribution in [0.15, 0.2) is 67.3 Å². The Morgan fingerprint density at radius 1 is 0.950 bits per heavy atom. The van der Waals surface area contributed by atoms with Gasteiger partial charge >= 0.3 is 0 Å². The number of benzene rings is 2. The van der Waals surface area contributed by atoms with E-state index in [1.165, 1.54) is 0 Å². The molecule has 3 rings (SSSR count). The summed E-state index contributed by atoms with van der Waals surface area (Å²) < 4.78 is 2.02. The maximum absolute atomic E-state index is 6.39. The lowest BCUT2D eigenvalue weighted by Crippen LogP contribution is -2.11. The zero-order valence-electron chi connectivity index (χ0n) is 10.6. The lowest BCUT2D eigenvalue weighted by Gasteiger charge is -2.21. The fourth-order valence-electron chi connectivity index (χ4n) is 2.30. The van der Waals surface area contributed by atoms with Crippen LogP contribution < -0.4 is 0 Å². The molecule has 100 valence electrons. The minimum atomic E-state index is -0.0371. The average molecular weight is 303 g/mol. The van der Waals surface area contributed by atoms with Crippen molar-refractivity contribution in [3.05, 3.63) is 88.4 Å². The fraction of sp³-hybridized carbons (Fsp3) is 0.0625. The summed E-state index contributed by atoms with van der Waals surface area (Å²) in [5.41, 5.74) is 2.10. The molecule has 20 heavy (non-hydrogen) atoms. The molecule has 0 aliphatic carbocycles. The van der Waals surface area contributed by atoms with E-state index in [4.69, 9.17) is 23.2 Å². The highest BCUT2D eigenvalue weighted by Crippen LogP contribution is 2.35. The van der Waals surface area contributed by atoms with Crippen LogP contribution in [-0.4, -0.2) is 9.55 Å². The summed E-state index contributed by atoms with van der Waals surface area (Å²) in [4.78, 5) is 4.13. The molecule has 0 amide bonds. The summed E-state index contributed by atoms with van der Waals surface area (Å²) >= 11 is 12.5. The van der Waals surface area contributed by atoms with Crippen LogP contribution in [0.3, 0.4) is 0 Å². The molecule has 0 bridgehead atoms. The molecule has 0 aliphatic heterocycles. The van der Waals surface area contributed by atoms with E-state index in [0.717, 1.165) is 11.1 Å². The van der Waals surface area contributed by atoms with Crippen molar-refractivity contribution < 1.29 is 0 Å². The largest absolute Gasteiger partial charge is 0.326 e. The van der Waals surface area contributed by atoms with E-state index >= 15 is 0 Å². The van der Waals surface area contributed by atoms with E-state index in [9.17, 15) is 0 Å². The predicted octanol–water partition coefficient (Wildman–Crippen LogP) is 4.83. The van der Waals surface area contributed by atoms with E-state index in [2.05, 4.69) is 17.1 Å². The number of halogens is 2. The van der Waals surface area contributed by atoms with Gasteiger partial charge in [-0.2, -0.15) is 0 Å². The molecule has 0 saturated heterocycles. The third-order valence-electron chi connectivity index (χ3n) is 3.21. The lowest BCUT2D eigenvalue weighted by atomic mass is 9.98. The highest BCUT2D eigenvalue weighted by atomic mass is 35.5. The van der Waals surface area contributed by atoms with Crippen molar-refractivity contribution in [2.45, 2.75) is 6.04 Å². The van der Waals surface area contributed by atoms with Crippen LogP contribution in [0.5, 0.6) is 0 Å². The minimum absolute atomic E-state index is 0.0371. The molecule has 0 fully saturated rings. The van der Waals surface area contributed by atoms with Gasteiger partial charge in [-0.25, -0.2) is 4.98 Å². The first-order valence-electron chi connectivity index (χ1n) is 6.23. The van der Waals surface area contributed by atoms with E-state index in [0.29, 0.717) is 10.0 Å². The maximum Gasteiger partial charge on any atom is 0.0954 e. The number of aromatic nitrogens is 2. The Morgan fingerprint density at radius 3 is 2.45 bits per heavy atom. The van der Waals surface area contributed by atoms with Crippen molar-refractivity contribution in [1.29, 1.82) is 0 Å². The smallest absolute Gasteiger partial charge is 0.0954 e. The van der Waals surface area contributed by atoms with Gasteiger partial charge in [0.15, 0.2) is 0 Å². The molecule has 1 unspecified atom stereocenters. The van der Waals surface area contributed by atoms with Crippen molar-refractivity contribution >= 4 is 23.2 Å². The number of nitrogens with zero attached hydrogens (tertiary/aromatic N) is 2. The highest BCUT2D eigenvalue weighted by molar-refractivity contribution is 6.42. The second-order valence-electron chi connectivity index (χ2n) is 4.47. The number of rotatable bonds is 3.